The van der Waals surface area contributed by atoms with Gasteiger partial charge in [-0.15, -0.1) is 0 Å². The van der Waals surface area contributed by atoms with Crippen molar-refractivity contribution in [2.75, 3.05) is 4.72 Å². The molecule has 1 aromatic heterocycles. The Kier molecular flexibility index (Phi) is 3.63. The smallest absolute Gasteiger partial charge is 0.247 e. The molecule has 0 saturated heterocycles. The molecule has 18 heavy (non-hydrogen) atoms. The van der Waals surface area contributed by atoms with Crippen LogP contribution in [0.5, 0.6) is 0 Å². The number of hydrogen-bond acceptors (Lipinski definition) is 4. The summed E-state index contributed by atoms with van der Waals surface area (Å²) in [6, 6.07) is 8.01. The molecule has 0 bridgehead atoms. The molecule has 1 N–H and O–H groups in total. The fourth-order valence-electron chi connectivity index (χ4n) is 1.29. The summed E-state index contributed by atoms with van der Waals surface area (Å²) in [6.07, 6.45) is 1.50. The van der Waals surface area contributed by atoms with E-state index in [1.165, 1.54) is 18.3 Å². The van der Waals surface area contributed by atoms with E-state index in [1.807, 2.05) is 0 Å². The normalized spacial score (nSPS) is 11.2. The summed E-state index contributed by atoms with van der Waals surface area (Å²) in [5.41, 5.74) is 0.693. The molecule has 0 spiro atoms. The molecule has 0 aliphatic rings. The minimum absolute atomic E-state index is 0.0675. The molecule has 0 fully saturated rings. The summed E-state index contributed by atoms with van der Waals surface area (Å²) in [7, 11) is -3.64. The molecular formula is C11H10BrN3O2S. The Labute approximate surface area is 113 Å². The van der Waals surface area contributed by atoms with Gasteiger partial charge in [-0.3, -0.25) is 0 Å². The molecule has 0 aliphatic carbocycles. The van der Waals surface area contributed by atoms with Crippen LogP contribution in [-0.4, -0.2) is 18.4 Å². The van der Waals surface area contributed by atoms with E-state index in [0.717, 1.165) is 4.47 Å². The Morgan fingerprint density at radius 2 is 1.83 bits per heavy atom. The maximum atomic E-state index is 12.0. The number of benzene rings is 1. The lowest BCUT2D eigenvalue weighted by Gasteiger charge is -2.06. The van der Waals surface area contributed by atoms with Crippen LogP contribution in [0.25, 0.3) is 0 Å². The number of hydrogen-bond donors (Lipinski definition) is 1. The fraction of sp³-hybridized carbons (Fsp3) is 0.0909. The lowest BCUT2D eigenvalue weighted by atomic mass is 10.4. The number of nitrogens with one attached hydrogen (secondary N) is 1. The molecule has 0 radical (unpaired) electrons. The number of rotatable bonds is 3. The zero-order valence-corrected chi connectivity index (χ0v) is 11.9. The second-order valence-corrected chi connectivity index (χ2v) is 6.18. The van der Waals surface area contributed by atoms with E-state index >= 15 is 0 Å². The molecule has 0 unspecified atom stereocenters. The summed E-state index contributed by atoms with van der Waals surface area (Å²) in [6.45, 7) is 1.76. The van der Waals surface area contributed by atoms with Crippen LogP contribution in [0.4, 0.5) is 5.95 Å². The van der Waals surface area contributed by atoms with E-state index in [1.54, 1.807) is 25.1 Å². The van der Waals surface area contributed by atoms with E-state index in [4.69, 9.17) is 0 Å². The lowest BCUT2D eigenvalue weighted by molar-refractivity contribution is 0.601. The van der Waals surface area contributed by atoms with Gasteiger partial charge in [0, 0.05) is 16.4 Å². The molecule has 5 nitrogen and oxygen atoms in total. The molecule has 0 aliphatic heterocycles. The van der Waals surface area contributed by atoms with Crippen LogP contribution in [0, 0.1) is 6.92 Å². The van der Waals surface area contributed by atoms with Crippen LogP contribution in [0.15, 0.2) is 45.9 Å². The van der Waals surface area contributed by atoms with Gasteiger partial charge in [0.25, 0.3) is 10.0 Å². The Balaban J connectivity index is 2.30. The minimum Gasteiger partial charge on any atom is -0.247 e. The highest BCUT2D eigenvalue weighted by atomic mass is 79.9. The van der Waals surface area contributed by atoms with Gasteiger partial charge in [-0.25, -0.2) is 23.1 Å². The summed E-state index contributed by atoms with van der Waals surface area (Å²) in [4.78, 5) is 8.01. The van der Waals surface area contributed by atoms with E-state index in [9.17, 15) is 8.42 Å². The van der Waals surface area contributed by atoms with Gasteiger partial charge in [-0.2, -0.15) is 0 Å². The topological polar surface area (TPSA) is 72.0 Å². The third kappa shape index (κ3) is 3.05. The van der Waals surface area contributed by atoms with E-state index in [2.05, 4.69) is 30.6 Å². The maximum Gasteiger partial charge on any atom is 0.264 e. The first-order chi connectivity index (χ1) is 8.47. The summed E-state index contributed by atoms with van der Waals surface area (Å²) < 4.78 is 27.2. The fourth-order valence-corrected chi connectivity index (χ4v) is 2.51. The molecule has 2 rings (SSSR count). The van der Waals surface area contributed by atoms with Gasteiger partial charge >= 0.3 is 0 Å². The quantitative estimate of drug-likeness (QED) is 0.939. The molecule has 7 heteroatoms. The van der Waals surface area contributed by atoms with Crippen molar-refractivity contribution in [2.45, 2.75) is 11.8 Å². The monoisotopic (exact) mass is 327 g/mol. The third-order valence-corrected chi connectivity index (χ3v) is 4.02. The Bertz CT molecular complexity index is 656. The van der Waals surface area contributed by atoms with E-state index in [-0.39, 0.29) is 10.8 Å². The van der Waals surface area contributed by atoms with E-state index in [0.29, 0.717) is 5.69 Å². The third-order valence-electron chi connectivity index (χ3n) is 2.14. The van der Waals surface area contributed by atoms with Gasteiger partial charge in [-0.1, -0.05) is 15.9 Å². The molecule has 0 atom stereocenters. The van der Waals surface area contributed by atoms with Crippen LogP contribution < -0.4 is 4.72 Å². The standard InChI is InChI=1S/C11H10BrN3O2S/c1-8-6-7-13-11(14-8)15-18(16,17)10-4-2-9(12)3-5-10/h2-7H,1H3,(H,13,14,15). The van der Waals surface area contributed by atoms with Crippen molar-refractivity contribution >= 4 is 31.9 Å². The average molecular weight is 328 g/mol. The van der Waals surface area contributed by atoms with Crippen molar-refractivity contribution in [1.29, 1.82) is 0 Å². The lowest BCUT2D eigenvalue weighted by Crippen LogP contribution is -2.15. The number of aromatic nitrogens is 2. The second-order valence-electron chi connectivity index (χ2n) is 3.58. The minimum atomic E-state index is -3.64. The number of halogens is 1. The van der Waals surface area contributed by atoms with Crippen molar-refractivity contribution in [1.82, 2.24) is 9.97 Å². The first-order valence-electron chi connectivity index (χ1n) is 5.05. The van der Waals surface area contributed by atoms with Crippen molar-refractivity contribution < 1.29 is 8.42 Å². The summed E-state index contributed by atoms with van der Waals surface area (Å²) in [5.74, 6) is 0.0675. The van der Waals surface area contributed by atoms with Gasteiger partial charge in [-0.05, 0) is 37.3 Å². The van der Waals surface area contributed by atoms with Crippen LogP contribution in [0.2, 0.25) is 0 Å². The molecule has 94 valence electrons. The largest absolute Gasteiger partial charge is 0.264 e. The van der Waals surface area contributed by atoms with Crippen molar-refractivity contribution in [3.05, 3.63) is 46.7 Å². The highest BCUT2D eigenvalue weighted by Crippen LogP contribution is 2.16. The number of sulfonamides is 1. The highest BCUT2D eigenvalue weighted by Gasteiger charge is 2.15. The van der Waals surface area contributed by atoms with Crippen molar-refractivity contribution in [2.24, 2.45) is 0 Å². The predicted octanol–water partition coefficient (Wildman–Crippen LogP) is 2.35. The van der Waals surface area contributed by atoms with Crippen LogP contribution in [0.1, 0.15) is 5.69 Å². The Morgan fingerprint density at radius 3 is 2.44 bits per heavy atom. The van der Waals surface area contributed by atoms with Crippen molar-refractivity contribution in [3.63, 3.8) is 0 Å². The van der Waals surface area contributed by atoms with Gasteiger partial charge in [0.1, 0.15) is 0 Å². The number of aryl methyl sites for hydroxylation is 1. The second kappa shape index (κ2) is 5.03. The molecule has 0 saturated carbocycles. The maximum absolute atomic E-state index is 12.0. The van der Waals surface area contributed by atoms with Crippen LogP contribution in [-0.2, 0) is 10.0 Å². The zero-order valence-electron chi connectivity index (χ0n) is 9.46. The average Bonchev–Trinajstić information content (AvgIpc) is 2.29. The van der Waals surface area contributed by atoms with Gasteiger partial charge in [0.05, 0.1) is 4.90 Å². The molecule has 1 aromatic carbocycles. The predicted molar refractivity (Wildman–Crippen MR) is 71.7 cm³/mol. The van der Waals surface area contributed by atoms with Gasteiger partial charge < -0.3 is 0 Å². The van der Waals surface area contributed by atoms with Crippen LogP contribution in [0.3, 0.4) is 0 Å². The SMILES string of the molecule is Cc1ccnc(NS(=O)(=O)c2ccc(Br)cc2)n1. The first-order valence-corrected chi connectivity index (χ1v) is 7.33. The molecular weight excluding hydrogens is 318 g/mol. The van der Waals surface area contributed by atoms with E-state index < -0.39 is 10.0 Å². The van der Waals surface area contributed by atoms with Crippen LogP contribution >= 0.6 is 15.9 Å². The highest BCUT2D eigenvalue weighted by molar-refractivity contribution is 9.10. The molecule has 1 heterocycles. The first kappa shape index (κ1) is 13.0. The zero-order chi connectivity index (χ0) is 13.2. The Morgan fingerprint density at radius 1 is 1.17 bits per heavy atom. The number of anilines is 1. The summed E-state index contributed by atoms with van der Waals surface area (Å²) in [5, 5.41) is 0. The summed E-state index contributed by atoms with van der Waals surface area (Å²) >= 11 is 3.25. The van der Waals surface area contributed by atoms with Gasteiger partial charge in [0.2, 0.25) is 5.95 Å². The van der Waals surface area contributed by atoms with Crippen molar-refractivity contribution in [3.8, 4) is 0 Å². The molecule has 0 amide bonds. The number of nitrogens with zero attached hydrogens (tertiary/aromatic N) is 2. The van der Waals surface area contributed by atoms with Gasteiger partial charge in [0.15, 0.2) is 0 Å². The molecule has 2 aromatic rings. The Hall–Kier alpha value is -1.47.